The summed E-state index contributed by atoms with van der Waals surface area (Å²) in [5.74, 6) is -1.03. The van der Waals surface area contributed by atoms with Crippen molar-refractivity contribution < 1.29 is 24.9 Å². The van der Waals surface area contributed by atoms with Crippen LogP contribution in [0.3, 0.4) is 0 Å². The van der Waals surface area contributed by atoms with Crippen LogP contribution in [-0.4, -0.2) is 60.9 Å². The molecule has 2 heterocycles. The highest BCUT2D eigenvalue weighted by molar-refractivity contribution is 5.88. The van der Waals surface area contributed by atoms with Gasteiger partial charge >= 0.3 is 0 Å². The van der Waals surface area contributed by atoms with Gasteiger partial charge in [0.25, 0.3) is 5.91 Å². The summed E-state index contributed by atoms with van der Waals surface area (Å²) in [7, 11) is 0. The first kappa shape index (κ1) is 11.9. The Labute approximate surface area is 95.4 Å². The highest BCUT2D eigenvalue weighted by Gasteiger charge is 2.43. The fourth-order valence-electron chi connectivity index (χ4n) is 1.61. The summed E-state index contributed by atoms with van der Waals surface area (Å²) in [6.07, 6.45) is -3.26. The molecule has 0 bridgehead atoms. The predicted octanol–water partition coefficient (Wildman–Crippen LogP) is -3.01. The number of aliphatic hydroxyl groups excluding tert-OH is 3. The molecule has 1 saturated heterocycles. The van der Waals surface area contributed by atoms with Gasteiger partial charge in [-0.25, -0.2) is 9.67 Å². The van der Waals surface area contributed by atoms with Crippen molar-refractivity contribution in [1.29, 1.82) is 0 Å². The first-order valence-electron chi connectivity index (χ1n) is 4.88. The van der Waals surface area contributed by atoms with Crippen LogP contribution in [0.15, 0.2) is 6.33 Å². The first-order chi connectivity index (χ1) is 8.04. The van der Waals surface area contributed by atoms with Gasteiger partial charge in [-0.3, -0.25) is 4.79 Å². The minimum Gasteiger partial charge on any atom is -0.394 e. The van der Waals surface area contributed by atoms with Gasteiger partial charge in [-0.15, -0.1) is 5.10 Å². The molecule has 5 N–H and O–H groups in total. The number of ether oxygens (including phenoxy) is 1. The number of nitrogens with two attached hydrogens (primary N) is 1. The molecule has 9 heteroatoms. The molecule has 1 aromatic rings. The third-order valence-electron chi connectivity index (χ3n) is 2.51. The second-order valence-corrected chi connectivity index (χ2v) is 3.64. The molecule has 2 unspecified atom stereocenters. The molecule has 4 atom stereocenters. The third-order valence-corrected chi connectivity index (χ3v) is 2.51. The Kier molecular flexibility index (Phi) is 3.07. The molecule has 1 aliphatic heterocycles. The van der Waals surface area contributed by atoms with Gasteiger partial charge in [-0.05, 0) is 0 Å². The molecule has 0 saturated carbocycles. The maximum atomic E-state index is 10.8. The molecule has 1 amide bonds. The van der Waals surface area contributed by atoms with E-state index in [1.807, 2.05) is 0 Å². The van der Waals surface area contributed by atoms with Crippen LogP contribution in [0.2, 0.25) is 0 Å². The Morgan fingerprint density at radius 3 is 2.71 bits per heavy atom. The molecule has 1 aliphatic rings. The van der Waals surface area contributed by atoms with Crippen molar-refractivity contribution in [3.05, 3.63) is 12.2 Å². The van der Waals surface area contributed by atoms with Gasteiger partial charge in [-0.2, -0.15) is 0 Å². The molecule has 0 aliphatic carbocycles. The molecule has 1 aromatic heterocycles. The van der Waals surface area contributed by atoms with Crippen LogP contribution in [0.4, 0.5) is 0 Å². The largest absolute Gasteiger partial charge is 0.394 e. The fourth-order valence-corrected chi connectivity index (χ4v) is 1.61. The van der Waals surface area contributed by atoms with Crippen molar-refractivity contribution >= 4 is 5.91 Å². The minimum absolute atomic E-state index is 0.220. The van der Waals surface area contributed by atoms with Crippen molar-refractivity contribution in [1.82, 2.24) is 14.8 Å². The second-order valence-electron chi connectivity index (χ2n) is 3.64. The lowest BCUT2D eigenvalue weighted by Gasteiger charge is -2.13. The van der Waals surface area contributed by atoms with Gasteiger partial charge in [0.15, 0.2) is 6.23 Å². The summed E-state index contributed by atoms with van der Waals surface area (Å²) in [5.41, 5.74) is 4.97. The number of hydrogen-bond donors (Lipinski definition) is 4. The van der Waals surface area contributed by atoms with Gasteiger partial charge in [-0.1, -0.05) is 0 Å². The van der Waals surface area contributed by atoms with Crippen molar-refractivity contribution in [2.45, 2.75) is 24.5 Å². The van der Waals surface area contributed by atoms with Crippen molar-refractivity contribution in [2.24, 2.45) is 5.73 Å². The van der Waals surface area contributed by atoms with E-state index < -0.39 is 37.1 Å². The number of nitrogens with zero attached hydrogens (tertiary/aromatic N) is 3. The molecule has 2 rings (SSSR count). The number of aliphatic hydroxyl groups is 3. The number of carbonyl (C=O) groups excluding carboxylic acids is 1. The Bertz CT molecular complexity index is 422. The van der Waals surface area contributed by atoms with Crippen LogP contribution in [-0.2, 0) is 4.74 Å². The average Bonchev–Trinajstić information content (AvgIpc) is 2.87. The molecule has 0 radical (unpaired) electrons. The normalized spacial score (nSPS) is 32.9. The molecular weight excluding hydrogens is 232 g/mol. The SMILES string of the molecule is NC(=O)c1ncn([C@H]2O[C@@H](CO)C(O)C2O)n1. The van der Waals surface area contributed by atoms with Crippen LogP contribution in [0, 0.1) is 0 Å². The van der Waals surface area contributed by atoms with E-state index in [-0.39, 0.29) is 5.82 Å². The summed E-state index contributed by atoms with van der Waals surface area (Å²) in [5, 5.41) is 31.8. The second kappa shape index (κ2) is 4.37. The Balaban J connectivity index is 2.19. The first-order valence-corrected chi connectivity index (χ1v) is 4.88. The minimum atomic E-state index is -1.27. The molecular formula is C8H12N4O5. The van der Waals surface area contributed by atoms with E-state index in [4.69, 9.17) is 15.6 Å². The topological polar surface area (TPSA) is 144 Å². The van der Waals surface area contributed by atoms with Crippen LogP contribution < -0.4 is 5.73 Å². The number of hydrogen-bond acceptors (Lipinski definition) is 7. The van der Waals surface area contributed by atoms with E-state index in [0.29, 0.717) is 0 Å². The molecule has 1 fully saturated rings. The Hall–Kier alpha value is -1.55. The third kappa shape index (κ3) is 2.00. The fraction of sp³-hybridized carbons (Fsp3) is 0.625. The molecule has 0 aromatic carbocycles. The van der Waals surface area contributed by atoms with Crippen molar-refractivity contribution in [3.8, 4) is 0 Å². The van der Waals surface area contributed by atoms with E-state index >= 15 is 0 Å². The lowest BCUT2D eigenvalue weighted by molar-refractivity contribution is -0.0588. The Morgan fingerprint density at radius 2 is 2.24 bits per heavy atom. The zero-order chi connectivity index (χ0) is 12.6. The molecule has 0 spiro atoms. The summed E-state index contributed by atoms with van der Waals surface area (Å²) in [6.45, 7) is -0.438. The van der Waals surface area contributed by atoms with Gasteiger partial charge in [0.2, 0.25) is 5.82 Å². The maximum Gasteiger partial charge on any atom is 0.288 e. The predicted molar refractivity (Wildman–Crippen MR) is 51.5 cm³/mol. The number of amides is 1. The van der Waals surface area contributed by atoms with E-state index in [1.54, 1.807) is 0 Å². The molecule has 17 heavy (non-hydrogen) atoms. The number of primary amides is 1. The smallest absolute Gasteiger partial charge is 0.288 e. The quantitative estimate of drug-likeness (QED) is 0.443. The standard InChI is InChI=1S/C8H12N4O5/c9-6(16)7-10-2-12(11-7)8-5(15)4(14)3(1-13)17-8/h2-5,8,13-15H,1H2,(H2,9,16)/t3-,4?,5?,8-/m0/s1. The maximum absolute atomic E-state index is 10.8. The van der Waals surface area contributed by atoms with Gasteiger partial charge in [0.05, 0.1) is 6.61 Å². The summed E-state index contributed by atoms with van der Waals surface area (Å²) in [6, 6.07) is 0. The summed E-state index contributed by atoms with van der Waals surface area (Å²) in [4.78, 5) is 14.4. The van der Waals surface area contributed by atoms with E-state index in [2.05, 4.69) is 10.1 Å². The highest BCUT2D eigenvalue weighted by Crippen LogP contribution is 2.28. The van der Waals surface area contributed by atoms with Crippen LogP contribution >= 0.6 is 0 Å². The number of aromatic nitrogens is 3. The average molecular weight is 244 g/mol. The monoisotopic (exact) mass is 244 g/mol. The van der Waals surface area contributed by atoms with Crippen LogP contribution in [0.1, 0.15) is 16.8 Å². The number of rotatable bonds is 3. The van der Waals surface area contributed by atoms with Gasteiger partial charge < -0.3 is 25.8 Å². The van der Waals surface area contributed by atoms with Crippen molar-refractivity contribution in [3.63, 3.8) is 0 Å². The summed E-state index contributed by atoms with van der Waals surface area (Å²) >= 11 is 0. The summed E-state index contributed by atoms with van der Waals surface area (Å²) < 4.78 is 6.25. The van der Waals surface area contributed by atoms with Crippen LogP contribution in [0.5, 0.6) is 0 Å². The van der Waals surface area contributed by atoms with Crippen LogP contribution in [0.25, 0.3) is 0 Å². The lowest BCUT2D eigenvalue weighted by Crippen LogP contribution is -2.33. The molecule has 94 valence electrons. The van der Waals surface area contributed by atoms with E-state index in [1.165, 1.54) is 0 Å². The van der Waals surface area contributed by atoms with E-state index in [0.717, 1.165) is 11.0 Å². The zero-order valence-electron chi connectivity index (χ0n) is 8.67. The molecule has 9 nitrogen and oxygen atoms in total. The van der Waals surface area contributed by atoms with Gasteiger partial charge in [0, 0.05) is 0 Å². The number of carbonyl (C=O) groups is 1. The highest BCUT2D eigenvalue weighted by atomic mass is 16.6. The van der Waals surface area contributed by atoms with E-state index in [9.17, 15) is 15.0 Å². The lowest BCUT2D eigenvalue weighted by atomic mass is 10.1. The Morgan fingerprint density at radius 1 is 1.53 bits per heavy atom. The van der Waals surface area contributed by atoms with Crippen molar-refractivity contribution in [2.75, 3.05) is 6.61 Å². The zero-order valence-corrected chi connectivity index (χ0v) is 8.67. The van der Waals surface area contributed by atoms with Gasteiger partial charge in [0.1, 0.15) is 24.6 Å².